The molecule has 55 heavy (non-hydrogen) atoms. The van der Waals surface area contributed by atoms with Crippen LogP contribution in [0.3, 0.4) is 0 Å². The van der Waals surface area contributed by atoms with E-state index < -0.39 is 35.8 Å². The summed E-state index contributed by atoms with van der Waals surface area (Å²) in [6, 6.07) is 17.1. The van der Waals surface area contributed by atoms with Crippen molar-refractivity contribution in [1.82, 2.24) is 35.3 Å². The molecule has 1 fully saturated rings. The molecule has 3 atom stereocenters. The highest BCUT2D eigenvalue weighted by Crippen LogP contribution is 2.27. The number of benzene rings is 3. The lowest BCUT2D eigenvalue weighted by Crippen LogP contribution is -2.49. The molecule has 0 unspecified atom stereocenters. The molecule has 4 N–H and O–H groups in total. The fraction of sp³-hybridized carbons (Fsp3) is 0.341. The second-order valence-corrected chi connectivity index (χ2v) is 14.3. The van der Waals surface area contributed by atoms with Gasteiger partial charge in [0.2, 0.25) is 23.6 Å². The third-order valence-corrected chi connectivity index (χ3v) is 10.6. The van der Waals surface area contributed by atoms with Crippen molar-refractivity contribution in [2.45, 2.75) is 50.2 Å². The maximum absolute atomic E-state index is 14.7. The lowest BCUT2D eigenvalue weighted by atomic mass is 10.1. The zero-order chi connectivity index (χ0) is 38.6. The number of amides is 5. The summed E-state index contributed by atoms with van der Waals surface area (Å²) < 4.78 is 20.9. The number of ether oxygens (including phenoxy) is 1. The minimum absolute atomic E-state index is 0.0408. The number of fused-ring (bicyclic) bond motifs is 4. The van der Waals surface area contributed by atoms with E-state index >= 15 is 0 Å². The SMILES string of the molecule is CN1CC(=O)N2C[C@@H](NC(=O)Cc3c[nH]c4ccccc34)C[C@H]2COc2ccc(F)cc2C(=O)N(C)[C@@H](C(=O)NCCc2c[nH]c3ccccc23)CCC1=O. The molecule has 0 saturated carbocycles. The average Bonchev–Trinajstić information content (AvgIpc) is 3.90. The van der Waals surface area contributed by atoms with Gasteiger partial charge in [0.25, 0.3) is 5.91 Å². The van der Waals surface area contributed by atoms with Crippen molar-refractivity contribution in [3.63, 3.8) is 0 Å². The molecule has 2 aliphatic heterocycles. The third kappa shape index (κ3) is 8.17. The Balaban J connectivity index is 1.07. The predicted octanol–water partition coefficient (Wildman–Crippen LogP) is 3.55. The van der Waals surface area contributed by atoms with Crippen molar-refractivity contribution in [1.29, 1.82) is 0 Å². The Morgan fingerprint density at radius 2 is 1.60 bits per heavy atom. The Bertz CT molecular complexity index is 2250. The Labute approximate surface area is 317 Å². The molecular weight excluding hydrogens is 705 g/mol. The van der Waals surface area contributed by atoms with Crippen LogP contribution in [-0.4, -0.2) is 113 Å². The van der Waals surface area contributed by atoms with Gasteiger partial charge in [-0.3, -0.25) is 24.0 Å². The molecule has 2 aliphatic rings. The van der Waals surface area contributed by atoms with Crippen LogP contribution in [0.2, 0.25) is 0 Å². The lowest BCUT2D eigenvalue weighted by molar-refractivity contribution is -0.140. The van der Waals surface area contributed by atoms with Crippen molar-refractivity contribution in [3.05, 3.63) is 102 Å². The Morgan fingerprint density at radius 1 is 0.909 bits per heavy atom. The molecule has 286 valence electrons. The van der Waals surface area contributed by atoms with E-state index in [0.29, 0.717) is 12.8 Å². The number of aromatic amines is 2. The first-order valence-electron chi connectivity index (χ1n) is 18.5. The number of rotatable bonds is 7. The number of H-pyrrole nitrogens is 2. The van der Waals surface area contributed by atoms with E-state index in [1.807, 2.05) is 60.9 Å². The molecule has 0 bridgehead atoms. The fourth-order valence-corrected chi connectivity index (χ4v) is 7.64. The molecule has 5 aromatic rings. The van der Waals surface area contributed by atoms with Gasteiger partial charge in [-0.25, -0.2) is 4.39 Å². The normalized spacial score (nSPS) is 19.8. The van der Waals surface area contributed by atoms with Crippen molar-refractivity contribution in [2.75, 3.05) is 40.3 Å². The Morgan fingerprint density at radius 3 is 2.35 bits per heavy atom. The number of hydrogen-bond acceptors (Lipinski definition) is 6. The van der Waals surface area contributed by atoms with Gasteiger partial charge >= 0.3 is 0 Å². The first-order valence-corrected chi connectivity index (χ1v) is 18.5. The third-order valence-electron chi connectivity index (χ3n) is 10.6. The minimum Gasteiger partial charge on any atom is -0.491 e. The summed E-state index contributed by atoms with van der Waals surface area (Å²) in [4.78, 5) is 78.7. The maximum Gasteiger partial charge on any atom is 0.258 e. The van der Waals surface area contributed by atoms with E-state index in [9.17, 15) is 28.4 Å². The van der Waals surface area contributed by atoms with Crippen LogP contribution in [0.15, 0.2) is 79.1 Å². The summed E-state index contributed by atoms with van der Waals surface area (Å²) in [5.74, 6) is -2.65. The number of carbonyl (C=O) groups excluding carboxylic acids is 5. The number of hydrogen-bond donors (Lipinski definition) is 4. The fourth-order valence-electron chi connectivity index (χ4n) is 7.64. The molecule has 0 spiro atoms. The number of aromatic nitrogens is 2. The number of para-hydroxylation sites is 2. The molecule has 3 aromatic carbocycles. The van der Waals surface area contributed by atoms with Gasteiger partial charge in [0.15, 0.2) is 0 Å². The maximum atomic E-state index is 14.7. The standard InChI is InChI=1S/C41H44FN7O6/c1-47-23-39(52)49-22-28(46-37(50)17-26-21-45-34-10-6-4-8-31(26)34)19-29(49)24-55-36-13-11-27(42)18-32(36)41(54)48(2)35(12-14-38(47)51)40(53)43-16-15-25-20-44-33-9-5-3-7-30(25)33/h3-11,13,18,20-21,28-29,35,44-45H,12,14-17,19,22-24H2,1-2H3,(H,43,53)(H,46,50)/t28-,29-,35+/m0/s1. The predicted molar refractivity (Wildman–Crippen MR) is 204 cm³/mol. The van der Waals surface area contributed by atoms with Gasteiger partial charge in [0.05, 0.1) is 24.6 Å². The molecule has 5 amide bonds. The van der Waals surface area contributed by atoms with Crippen LogP contribution < -0.4 is 15.4 Å². The molecule has 2 aromatic heterocycles. The van der Waals surface area contributed by atoms with Crippen LogP contribution in [-0.2, 0) is 32.0 Å². The largest absolute Gasteiger partial charge is 0.491 e. The second kappa shape index (κ2) is 16.0. The summed E-state index contributed by atoms with van der Waals surface area (Å²) in [7, 11) is 2.96. The van der Waals surface area contributed by atoms with Gasteiger partial charge in [-0.15, -0.1) is 0 Å². The zero-order valence-corrected chi connectivity index (χ0v) is 30.8. The van der Waals surface area contributed by atoms with Crippen molar-refractivity contribution in [2.24, 2.45) is 0 Å². The molecule has 0 aliphatic carbocycles. The Kier molecular flexibility index (Phi) is 10.8. The van der Waals surface area contributed by atoms with Crippen LogP contribution in [0, 0.1) is 5.82 Å². The van der Waals surface area contributed by atoms with Gasteiger partial charge in [0.1, 0.15) is 24.2 Å². The number of nitrogens with zero attached hydrogens (tertiary/aromatic N) is 3. The summed E-state index contributed by atoms with van der Waals surface area (Å²) >= 11 is 0. The summed E-state index contributed by atoms with van der Waals surface area (Å²) in [6.07, 6.45) is 4.56. The first-order chi connectivity index (χ1) is 26.5. The quantitative estimate of drug-likeness (QED) is 0.199. The summed E-state index contributed by atoms with van der Waals surface area (Å²) in [6.45, 7) is 0.166. The molecule has 7 rings (SSSR count). The van der Waals surface area contributed by atoms with Crippen molar-refractivity contribution >= 4 is 51.3 Å². The van der Waals surface area contributed by atoms with E-state index in [-0.39, 0.29) is 74.5 Å². The Hall–Kier alpha value is -6.18. The smallest absolute Gasteiger partial charge is 0.258 e. The van der Waals surface area contributed by atoms with Crippen molar-refractivity contribution in [3.8, 4) is 5.75 Å². The van der Waals surface area contributed by atoms with Gasteiger partial charge in [0, 0.05) is 73.8 Å². The van der Waals surface area contributed by atoms with Gasteiger partial charge < -0.3 is 40.0 Å². The van der Waals surface area contributed by atoms with Crippen molar-refractivity contribution < 1.29 is 33.1 Å². The highest BCUT2D eigenvalue weighted by molar-refractivity contribution is 6.00. The zero-order valence-electron chi connectivity index (χ0n) is 30.8. The van der Waals surface area contributed by atoms with E-state index in [1.165, 1.54) is 36.0 Å². The van der Waals surface area contributed by atoms with Crippen LogP contribution in [0.25, 0.3) is 21.8 Å². The second-order valence-electron chi connectivity index (χ2n) is 14.3. The van der Waals surface area contributed by atoms with Crippen LogP contribution >= 0.6 is 0 Å². The number of halogens is 1. The molecule has 14 heteroatoms. The van der Waals surface area contributed by atoms with E-state index in [2.05, 4.69) is 20.6 Å². The molecule has 0 radical (unpaired) electrons. The van der Waals surface area contributed by atoms with Crippen LogP contribution in [0.4, 0.5) is 4.39 Å². The minimum atomic E-state index is -1.08. The van der Waals surface area contributed by atoms with E-state index in [1.54, 1.807) is 4.90 Å². The van der Waals surface area contributed by atoms with E-state index in [0.717, 1.165) is 39.0 Å². The highest BCUT2D eigenvalue weighted by atomic mass is 19.1. The first kappa shape index (κ1) is 37.1. The van der Waals surface area contributed by atoms with Gasteiger partial charge in [-0.1, -0.05) is 36.4 Å². The van der Waals surface area contributed by atoms with Gasteiger partial charge in [-0.05, 0) is 60.7 Å². The highest BCUT2D eigenvalue weighted by Gasteiger charge is 2.38. The summed E-state index contributed by atoms with van der Waals surface area (Å²) in [5, 5.41) is 7.97. The lowest BCUT2D eigenvalue weighted by Gasteiger charge is -2.28. The van der Waals surface area contributed by atoms with Crippen LogP contribution in [0.5, 0.6) is 5.75 Å². The van der Waals surface area contributed by atoms with E-state index in [4.69, 9.17) is 4.74 Å². The number of nitrogens with one attached hydrogen (secondary N) is 4. The monoisotopic (exact) mass is 749 g/mol. The molecule has 1 saturated heterocycles. The average molecular weight is 750 g/mol. The number of likely N-dealkylation sites (N-methyl/N-ethyl adjacent to an activating group) is 2. The van der Waals surface area contributed by atoms with Crippen LogP contribution in [0.1, 0.15) is 40.7 Å². The number of carbonyl (C=O) groups is 5. The topological polar surface area (TPSA) is 160 Å². The van der Waals surface area contributed by atoms with Gasteiger partial charge in [-0.2, -0.15) is 0 Å². The molecule has 4 heterocycles. The summed E-state index contributed by atoms with van der Waals surface area (Å²) in [5.41, 5.74) is 3.68. The molecular formula is C41H44FN7O6. The molecule has 13 nitrogen and oxygen atoms in total.